The zero-order chi connectivity index (χ0) is 19.8. The predicted octanol–water partition coefficient (Wildman–Crippen LogP) is 3.30. The van der Waals surface area contributed by atoms with Crippen LogP contribution in [0.5, 0.6) is 5.75 Å². The Balaban J connectivity index is 1.68. The third-order valence-electron chi connectivity index (χ3n) is 5.71. The summed E-state index contributed by atoms with van der Waals surface area (Å²) in [5.74, 6) is 0.463. The van der Waals surface area contributed by atoms with E-state index in [-0.39, 0.29) is 11.0 Å². The average Bonchev–Trinajstić information content (AvgIpc) is 2.89. The Hall–Kier alpha value is -1.41. The molecule has 2 aliphatic heterocycles. The minimum absolute atomic E-state index is 0.000963. The summed E-state index contributed by atoms with van der Waals surface area (Å²) in [5, 5.41) is -0.000963. The molecule has 0 aliphatic carbocycles. The molecule has 2 heterocycles. The molecule has 27 heavy (non-hydrogen) atoms. The van der Waals surface area contributed by atoms with Gasteiger partial charge >= 0.3 is 5.97 Å². The predicted molar refractivity (Wildman–Crippen MR) is 103 cm³/mol. The van der Waals surface area contributed by atoms with Crippen LogP contribution in [-0.2, 0) is 29.9 Å². The van der Waals surface area contributed by atoms with E-state index in [4.69, 9.17) is 23.4 Å². The Morgan fingerprint density at radius 2 is 1.85 bits per heavy atom. The van der Waals surface area contributed by atoms with E-state index >= 15 is 0 Å². The first-order valence-corrected chi connectivity index (χ1v) is 12.3. The minimum atomic E-state index is -2.13. The van der Waals surface area contributed by atoms with Gasteiger partial charge in [0.25, 0.3) is 0 Å². The van der Waals surface area contributed by atoms with E-state index in [0.717, 1.165) is 11.3 Å². The van der Waals surface area contributed by atoms with E-state index < -0.39 is 32.9 Å². The highest BCUT2D eigenvalue weighted by atomic mass is 28.4. The summed E-state index contributed by atoms with van der Waals surface area (Å²) in [6.45, 7) is 11.0. The van der Waals surface area contributed by atoms with Crippen molar-refractivity contribution in [2.24, 2.45) is 0 Å². The summed E-state index contributed by atoms with van der Waals surface area (Å²) >= 11 is 0. The van der Waals surface area contributed by atoms with Gasteiger partial charge in [-0.25, -0.2) is 4.79 Å². The Morgan fingerprint density at radius 1 is 1.19 bits per heavy atom. The molecule has 2 aliphatic rings. The first kappa shape index (κ1) is 20.3. The molecular weight excluding hydrogens is 364 g/mol. The second-order valence-corrected chi connectivity index (χ2v) is 13.4. The van der Waals surface area contributed by atoms with Gasteiger partial charge in [0.2, 0.25) is 0 Å². The van der Waals surface area contributed by atoms with Crippen LogP contribution < -0.4 is 4.74 Å². The molecule has 0 radical (unpaired) electrons. The number of ether oxygens (including phenoxy) is 4. The number of rotatable bonds is 5. The van der Waals surface area contributed by atoms with Gasteiger partial charge in [0.15, 0.2) is 26.8 Å². The zero-order valence-corrected chi connectivity index (χ0v) is 18.0. The number of hydrogen-bond donors (Lipinski definition) is 0. The Morgan fingerprint density at radius 3 is 2.44 bits per heavy atom. The summed E-state index contributed by atoms with van der Waals surface area (Å²) in [7, 11) is -0.489. The zero-order valence-electron chi connectivity index (χ0n) is 17.0. The molecule has 0 amide bonds. The lowest BCUT2D eigenvalue weighted by Gasteiger charge is -2.39. The molecule has 6 nitrogen and oxygen atoms in total. The summed E-state index contributed by atoms with van der Waals surface area (Å²) in [6, 6.07) is 7.79. The Kier molecular flexibility index (Phi) is 5.68. The SMILES string of the molecule is COc1ccc(C[C@H]2OC[C@H]3OC(=O)[C@H](O[Si](C)(C)C(C)(C)C)[C@H]3O2)cc1. The van der Waals surface area contributed by atoms with E-state index in [1.807, 2.05) is 24.3 Å². The maximum atomic E-state index is 12.4. The smallest absolute Gasteiger partial charge is 0.337 e. The third kappa shape index (κ3) is 4.37. The number of carbonyl (C=O) groups is 1. The van der Waals surface area contributed by atoms with Gasteiger partial charge in [-0.3, -0.25) is 0 Å². The fourth-order valence-electron chi connectivity index (χ4n) is 2.99. The van der Waals surface area contributed by atoms with Gasteiger partial charge in [-0.05, 0) is 35.8 Å². The summed E-state index contributed by atoms with van der Waals surface area (Å²) < 4.78 is 28.9. The number of fused-ring (bicyclic) bond motifs is 1. The van der Waals surface area contributed by atoms with Gasteiger partial charge in [0.05, 0.1) is 13.7 Å². The van der Waals surface area contributed by atoms with Crippen LogP contribution in [0.3, 0.4) is 0 Å². The molecule has 0 bridgehead atoms. The number of benzene rings is 1. The van der Waals surface area contributed by atoms with Crippen molar-refractivity contribution >= 4 is 14.3 Å². The van der Waals surface area contributed by atoms with Crippen molar-refractivity contribution < 1.29 is 28.2 Å². The molecule has 1 aromatic rings. The van der Waals surface area contributed by atoms with Crippen LogP contribution in [0.15, 0.2) is 24.3 Å². The summed E-state index contributed by atoms with van der Waals surface area (Å²) in [4.78, 5) is 12.4. The topological polar surface area (TPSA) is 63.2 Å². The van der Waals surface area contributed by atoms with Gasteiger partial charge < -0.3 is 23.4 Å². The summed E-state index contributed by atoms with van der Waals surface area (Å²) in [5.41, 5.74) is 1.08. The minimum Gasteiger partial charge on any atom is -0.497 e. The largest absolute Gasteiger partial charge is 0.497 e. The van der Waals surface area contributed by atoms with Crippen molar-refractivity contribution in [1.82, 2.24) is 0 Å². The van der Waals surface area contributed by atoms with Crippen LogP contribution in [0.1, 0.15) is 26.3 Å². The number of methoxy groups -OCH3 is 1. The van der Waals surface area contributed by atoms with Crippen LogP contribution in [0.4, 0.5) is 0 Å². The first-order valence-electron chi connectivity index (χ1n) is 9.39. The fourth-order valence-corrected chi connectivity index (χ4v) is 4.21. The molecule has 2 saturated heterocycles. The van der Waals surface area contributed by atoms with Crippen molar-refractivity contribution in [3.8, 4) is 5.75 Å². The van der Waals surface area contributed by atoms with Crippen molar-refractivity contribution in [1.29, 1.82) is 0 Å². The van der Waals surface area contributed by atoms with Crippen molar-refractivity contribution in [2.45, 2.75) is 69.9 Å². The quantitative estimate of drug-likeness (QED) is 0.564. The van der Waals surface area contributed by atoms with Crippen LogP contribution in [0.25, 0.3) is 0 Å². The molecule has 0 N–H and O–H groups in total. The van der Waals surface area contributed by atoms with E-state index in [9.17, 15) is 4.79 Å². The summed E-state index contributed by atoms with van der Waals surface area (Å²) in [6.07, 6.45) is -1.35. The second-order valence-electron chi connectivity index (χ2n) is 8.69. The molecule has 7 heteroatoms. The highest BCUT2D eigenvalue weighted by Gasteiger charge is 2.53. The normalized spacial score (nSPS) is 28.6. The lowest BCUT2D eigenvalue weighted by Crippen LogP contribution is -2.52. The van der Waals surface area contributed by atoms with E-state index in [1.54, 1.807) is 7.11 Å². The molecule has 0 spiro atoms. The molecular formula is C20H30O6Si. The standard InChI is InChI=1S/C20H30O6Si/c1-20(2,3)27(5,6)26-18-17-15(24-19(18)21)12-23-16(25-17)11-13-7-9-14(22-4)10-8-13/h7-10,15-18H,11-12H2,1-6H3/t15-,16+,17+,18-/m1/s1. The lowest BCUT2D eigenvalue weighted by atomic mass is 10.1. The molecule has 150 valence electrons. The Bertz CT molecular complexity index is 666. The molecule has 4 atom stereocenters. The number of esters is 1. The number of carbonyl (C=O) groups excluding carboxylic acids is 1. The van der Waals surface area contributed by atoms with E-state index in [2.05, 4.69) is 33.9 Å². The van der Waals surface area contributed by atoms with Crippen LogP contribution >= 0.6 is 0 Å². The van der Waals surface area contributed by atoms with E-state index in [1.165, 1.54) is 0 Å². The first-order chi connectivity index (χ1) is 12.6. The van der Waals surface area contributed by atoms with Gasteiger partial charge in [-0.1, -0.05) is 32.9 Å². The fraction of sp³-hybridized carbons (Fsp3) is 0.650. The highest BCUT2D eigenvalue weighted by molar-refractivity contribution is 6.74. The van der Waals surface area contributed by atoms with Crippen molar-refractivity contribution in [3.05, 3.63) is 29.8 Å². The van der Waals surface area contributed by atoms with Crippen LogP contribution in [0, 0.1) is 0 Å². The maximum Gasteiger partial charge on any atom is 0.337 e. The van der Waals surface area contributed by atoms with Gasteiger partial charge in [-0.15, -0.1) is 0 Å². The monoisotopic (exact) mass is 394 g/mol. The molecule has 1 aromatic carbocycles. The van der Waals surface area contributed by atoms with Gasteiger partial charge in [0.1, 0.15) is 11.9 Å². The van der Waals surface area contributed by atoms with E-state index in [0.29, 0.717) is 13.0 Å². The molecule has 0 unspecified atom stereocenters. The third-order valence-corrected chi connectivity index (χ3v) is 10.2. The van der Waals surface area contributed by atoms with Crippen molar-refractivity contribution in [2.75, 3.05) is 13.7 Å². The molecule has 0 saturated carbocycles. The average molecular weight is 395 g/mol. The van der Waals surface area contributed by atoms with Crippen molar-refractivity contribution in [3.63, 3.8) is 0 Å². The maximum absolute atomic E-state index is 12.4. The molecule has 2 fully saturated rings. The van der Waals surface area contributed by atoms with Gasteiger partial charge in [-0.2, -0.15) is 0 Å². The highest BCUT2D eigenvalue weighted by Crippen LogP contribution is 2.40. The molecule has 0 aromatic heterocycles. The van der Waals surface area contributed by atoms with Crippen LogP contribution in [-0.4, -0.2) is 52.6 Å². The lowest BCUT2D eigenvalue weighted by molar-refractivity contribution is -0.245. The second kappa shape index (κ2) is 7.54. The van der Waals surface area contributed by atoms with Gasteiger partial charge in [0, 0.05) is 6.42 Å². The molecule has 3 rings (SSSR count). The number of hydrogen-bond acceptors (Lipinski definition) is 6. The van der Waals surface area contributed by atoms with Crippen LogP contribution in [0.2, 0.25) is 18.1 Å². The Labute approximate surface area is 162 Å².